The van der Waals surface area contributed by atoms with E-state index in [0.29, 0.717) is 10.6 Å². The summed E-state index contributed by atoms with van der Waals surface area (Å²) >= 11 is 18.1. The molecule has 2 aromatic carbocycles. The number of aromatic hydroxyl groups is 2. The largest absolute Gasteiger partial charge is 0.504 e. The highest BCUT2D eigenvalue weighted by molar-refractivity contribution is 6.44. The number of allylic oxidation sites excluding steroid dienone is 1. The predicted molar refractivity (Wildman–Crippen MR) is 84.2 cm³/mol. The molecule has 0 fully saturated rings. The minimum atomic E-state index is -0.502. The van der Waals surface area contributed by atoms with Gasteiger partial charge < -0.3 is 14.9 Å². The molecule has 0 saturated carbocycles. The predicted octanol–water partition coefficient (Wildman–Crippen LogP) is 4.67. The van der Waals surface area contributed by atoms with Crippen LogP contribution in [0.15, 0.2) is 30.0 Å². The lowest BCUT2D eigenvalue weighted by molar-refractivity contribution is 0.101. The molecule has 0 saturated heterocycles. The lowest BCUT2D eigenvalue weighted by Crippen LogP contribution is -1.98. The van der Waals surface area contributed by atoms with E-state index < -0.39 is 11.5 Å². The molecule has 0 unspecified atom stereocenters. The molecule has 112 valence electrons. The molecule has 2 aromatic rings. The lowest BCUT2D eigenvalue weighted by Gasteiger charge is -2.05. The maximum atomic E-state index is 12.3. The Morgan fingerprint density at radius 2 is 1.68 bits per heavy atom. The van der Waals surface area contributed by atoms with Gasteiger partial charge in [0.15, 0.2) is 17.3 Å². The fourth-order valence-electron chi connectivity index (χ4n) is 2.03. The number of carbonyl (C=O) groups excluding carboxylic acids is 1. The summed E-state index contributed by atoms with van der Waals surface area (Å²) in [5, 5.41) is 19.9. The van der Waals surface area contributed by atoms with Gasteiger partial charge in [-0.25, -0.2) is 0 Å². The Kier molecular flexibility index (Phi) is 3.68. The quantitative estimate of drug-likeness (QED) is 0.442. The molecular weight excluding hydrogens is 351 g/mol. The number of ether oxygens (including phenoxy) is 1. The first-order chi connectivity index (χ1) is 10.4. The maximum absolute atomic E-state index is 12.3. The average molecular weight is 358 g/mol. The molecule has 0 aliphatic carbocycles. The van der Waals surface area contributed by atoms with Gasteiger partial charge in [-0.1, -0.05) is 34.8 Å². The highest BCUT2D eigenvalue weighted by atomic mass is 35.5. The third kappa shape index (κ3) is 2.29. The molecule has 22 heavy (non-hydrogen) atoms. The van der Waals surface area contributed by atoms with E-state index in [-0.39, 0.29) is 32.9 Å². The van der Waals surface area contributed by atoms with Crippen molar-refractivity contribution in [2.75, 3.05) is 0 Å². The van der Waals surface area contributed by atoms with E-state index in [1.54, 1.807) is 0 Å². The van der Waals surface area contributed by atoms with E-state index >= 15 is 0 Å². The van der Waals surface area contributed by atoms with E-state index in [1.807, 2.05) is 0 Å². The number of phenolic OH excluding ortho intramolecular Hbond substituents is 2. The van der Waals surface area contributed by atoms with Gasteiger partial charge in [-0.2, -0.15) is 0 Å². The van der Waals surface area contributed by atoms with Crippen LogP contribution in [0.1, 0.15) is 15.9 Å². The molecule has 0 radical (unpaired) electrons. The Balaban J connectivity index is 2.11. The fourth-order valence-corrected chi connectivity index (χ4v) is 2.68. The Morgan fingerprint density at radius 1 is 1.00 bits per heavy atom. The molecule has 0 atom stereocenters. The summed E-state index contributed by atoms with van der Waals surface area (Å²) in [7, 11) is 0. The summed E-state index contributed by atoms with van der Waals surface area (Å²) in [5.41, 5.74) is 0.464. The van der Waals surface area contributed by atoms with Gasteiger partial charge in [-0.3, -0.25) is 4.79 Å². The zero-order chi connectivity index (χ0) is 16.0. The van der Waals surface area contributed by atoms with E-state index in [2.05, 4.69) is 0 Å². The first-order valence-electron chi connectivity index (χ1n) is 6.03. The van der Waals surface area contributed by atoms with Crippen molar-refractivity contribution in [1.29, 1.82) is 0 Å². The van der Waals surface area contributed by atoms with Crippen LogP contribution in [0.2, 0.25) is 15.1 Å². The van der Waals surface area contributed by atoms with Crippen molar-refractivity contribution in [3.05, 3.63) is 56.2 Å². The maximum Gasteiger partial charge on any atom is 0.232 e. The van der Waals surface area contributed by atoms with Gasteiger partial charge in [0.2, 0.25) is 11.5 Å². The Morgan fingerprint density at radius 3 is 2.41 bits per heavy atom. The number of hydrogen-bond donors (Lipinski definition) is 2. The van der Waals surface area contributed by atoms with Crippen molar-refractivity contribution in [1.82, 2.24) is 0 Å². The molecule has 1 aliphatic rings. The smallest absolute Gasteiger partial charge is 0.232 e. The molecule has 2 N–H and O–H groups in total. The van der Waals surface area contributed by atoms with Gasteiger partial charge in [0.25, 0.3) is 0 Å². The van der Waals surface area contributed by atoms with Crippen molar-refractivity contribution in [3.63, 3.8) is 0 Å². The minimum absolute atomic E-state index is 0.0815. The van der Waals surface area contributed by atoms with E-state index in [9.17, 15) is 15.0 Å². The third-order valence-electron chi connectivity index (χ3n) is 3.15. The first-order valence-corrected chi connectivity index (χ1v) is 7.16. The molecule has 3 rings (SSSR count). The second-order valence-electron chi connectivity index (χ2n) is 4.51. The van der Waals surface area contributed by atoms with Gasteiger partial charge >= 0.3 is 0 Å². The van der Waals surface area contributed by atoms with E-state index in [0.717, 1.165) is 0 Å². The normalized spacial score (nSPS) is 15.0. The van der Waals surface area contributed by atoms with Crippen LogP contribution in [-0.2, 0) is 0 Å². The molecule has 1 heterocycles. The first kappa shape index (κ1) is 15.0. The second-order valence-corrected chi connectivity index (χ2v) is 5.70. The van der Waals surface area contributed by atoms with Gasteiger partial charge in [0.1, 0.15) is 0 Å². The van der Waals surface area contributed by atoms with Gasteiger partial charge in [0, 0.05) is 10.6 Å². The van der Waals surface area contributed by atoms with Crippen LogP contribution >= 0.6 is 34.8 Å². The van der Waals surface area contributed by atoms with Crippen molar-refractivity contribution >= 4 is 46.7 Å². The molecule has 0 amide bonds. The molecule has 7 heteroatoms. The van der Waals surface area contributed by atoms with Crippen LogP contribution in [0, 0.1) is 0 Å². The van der Waals surface area contributed by atoms with Gasteiger partial charge in [-0.15, -0.1) is 0 Å². The summed E-state index contributed by atoms with van der Waals surface area (Å²) in [6.07, 6.45) is 1.34. The van der Waals surface area contributed by atoms with Crippen molar-refractivity contribution in [2.24, 2.45) is 0 Å². The summed E-state index contributed by atoms with van der Waals surface area (Å²) in [4.78, 5) is 12.3. The molecular formula is C15H7Cl3O4. The SMILES string of the molecule is O=C1/C(=C/c2c(Cl)ccc(Cl)c2Cl)Oc2c1ccc(O)c2O. The van der Waals surface area contributed by atoms with Crippen LogP contribution in [0.3, 0.4) is 0 Å². The summed E-state index contributed by atoms with van der Waals surface area (Å²) in [5.74, 6) is -1.53. The molecule has 4 nitrogen and oxygen atoms in total. The second kappa shape index (κ2) is 5.39. The number of phenols is 2. The Hall–Kier alpha value is -1.88. The van der Waals surface area contributed by atoms with Crippen LogP contribution in [-0.4, -0.2) is 16.0 Å². The highest BCUT2D eigenvalue weighted by Crippen LogP contribution is 2.44. The average Bonchev–Trinajstić information content (AvgIpc) is 2.81. The zero-order valence-electron chi connectivity index (χ0n) is 10.7. The van der Waals surface area contributed by atoms with Gasteiger partial charge in [0.05, 0.1) is 15.6 Å². The molecule has 1 aliphatic heterocycles. The lowest BCUT2D eigenvalue weighted by atomic mass is 10.1. The van der Waals surface area contributed by atoms with Crippen molar-refractivity contribution < 1.29 is 19.7 Å². The van der Waals surface area contributed by atoms with Crippen LogP contribution in [0.4, 0.5) is 0 Å². The summed E-state index contributed by atoms with van der Waals surface area (Å²) in [6.45, 7) is 0. The minimum Gasteiger partial charge on any atom is -0.504 e. The molecule has 0 aromatic heterocycles. The van der Waals surface area contributed by atoms with Crippen molar-refractivity contribution in [2.45, 2.75) is 0 Å². The van der Waals surface area contributed by atoms with Gasteiger partial charge in [-0.05, 0) is 30.3 Å². The number of halogens is 3. The topological polar surface area (TPSA) is 66.8 Å². The third-order valence-corrected chi connectivity index (χ3v) is 4.29. The Bertz CT molecular complexity index is 843. The van der Waals surface area contributed by atoms with Crippen molar-refractivity contribution in [3.8, 4) is 17.2 Å². The van der Waals surface area contributed by atoms with Crippen LogP contribution in [0.25, 0.3) is 6.08 Å². The monoisotopic (exact) mass is 356 g/mol. The van der Waals surface area contributed by atoms with E-state index in [4.69, 9.17) is 39.5 Å². The number of benzene rings is 2. The van der Waals surface area contributed by atoms with Crippen LogP contribution in [0.5, 0.6) is 17.2 Å². The summed E-state index contributed by atoms with van der Waals surface area (Å²) < 4.78 is 5.33. The highest BCUT2D eigenvalue weighted by Gasteiger charge is 2.31. The number of fused-ring (bicyclic) bond motifs is 1. The molecule has 0 spiro atoms. The fraction of sp³-hybridized carbons (Fsp3) is 0. The molecule has 0 bridgehead atoms. The van der Waals surface area contributed by atoms with E-state index in [1.165, 1.54) is 30.3 Å². The number of rotatable bonds is 1. The summed E-state index contributed by atoms with van der Waals surface area (Å²) in [6, 6.07) is 5.63. The number of Topliss-reactive ketones (excluding diaryl/α,β-unsaturated/α-hetero) is 1. The number of ketones is 1. The van der Waals surface area contributed by atoms with Crippen LogP contribution < -0.4 is 4.74 Å². The number of hydrogen-bond acceptors (Lipinski definition) is 4. The number of carbonyl (C=O) groups is 1. The standard InChI is InChI=1S/C15H7Cl3O4/c16-8-2-3-9(17)12(18)7(8)5-11-13(20)6-1-4-10(19)14(21)15(6)22-11/h1-5,19,21H/b11-5-. The Labute approximate surface area is 140 Å². The zero-order valence-corrected chi connectivity index (χ0v) is 13.0.